The number of carboxylic acid groups (broad SMARTS) is 1. The van der Waals surface area contributed by atoms with Crippen molar-refractivity contribution in [3.8, 4) is 17.2 Å². The fourth-order valence-corrected chi connectivity index (χ4v) is 3.64. The molecule has 5 nitrogen and oxygen atoms in total. The number of aliphatic carboxylic acids is 1. The molecule has 0 radical (unpaired) electrons. The zero-order valence-electron chi connectivity index (χ0n) is 12.2. The van der Waals surface area contributed by atoms with E-state index in [2.05, 4.69) is 45.2 Å². The summed E-state index contributed by atoms with van der Waals surface area (Å²) >= 11 is 4.47. The second kappa shape index (κ2) is 7.67. The van der Waals surface area contributed by atoms with Crippen molar-refractivity contribution in [3.63, 3.8) is 0 Å². The first-order chi connectivity index (χ1) is 10.8. The fourth-order valence-electron chi connectivity index (χ4n) is 1.93. The highest BCUT2D eigenvalue weighted by atomic mass is 127. The number of ether oxygens (including phenoxy) is 1. The highest BCUT2D eigenvalue weighted by molar-refractivity contribution is 14.1. The summed E-state index contributed by atoms with van der Waals surface area (Å²) in [4.78, 5) is 10.8. The molecule has 2 aromatic carbocycles. The van der Waals surface area contributed by atoms with E-state index in [1.54, 1.807) is 12.1 Å². The van der Waals surface area contributed by atoms with Crippen LogP contribution in [0.25, 0.3) is 0 Å². The van der Waals surface area contributed by atoms with Gasteiger partial charge in [-0.15, -0.1) is 0 Å². The predicted octanol–water partition coefficient (Wildman–Crippen LogP) is 3.66. The van der Waals surface area contributed by atoms with Gasteiger partial charge in [-0.25, -0.2) is 0 Å². The molecule has 4 N–H and O–H groups in total. The number of halogens is 2. The van der Waals surface area contributed by atoms with Crippen molar-refractivity contribution < 1.29 is 19.7 Å². The lowest BCUT2D eigenvalue weighted by molar-refractivity contribution is -0.138. The van der Waals surface area contributed by atoms with Gasteiger partial charge in [-0.2, -0.15) is 0 Å². The molecule has 0 aliphatic heterocycles. The lowest BCUT2D eigenvalue weighted by Gasteiger charge is -2.12. The van der Waals surface area contributed by atoms with Gasteiger partial charge in [-0.05, 0) is 93.9 Å². The van der Waals surface area contributed by atoms with E-state index >= 15 is 0 Å². The molecule has 0 amide bonds. The van der Waals surface area contributed by atoms with Gasteiger partial charge >= 0.3 is 5.97 Å². The summed E-state index contributed by atoms with van der Waals surface area (Å²) in [7, 11) is 0. The monoisotopic (exact) mass is 539 g/mol. The van der Waals surface area contributed by atoms with Gasteiger partial charge in [0.1, 0.15) is 11.8 Å². The molecule has 0 aromatic heterocycles. The number of hydrogen-bond donors (Lipinski definition) is 3. The Kier molecular flexibility index (Phi) is 6.09. The first-order valence-corrected chi connectivity index (χ1v) is 8.87. The first kappa shape index (κ1) is 18.3. The van der Waals surface area contributed by atoms with Crippen LogP contribution in [0.4, 0.5) is 0 Å². The smallest absolute Gasteiger partial charge is 0.320 e. The van der Waals surface area contributed by atoms with Crippen LogP contribution in [-0.4, -0.2) is 22.2 Å². The number of hydrogen-bond acceptors (Lipinski definition) is 4. The summed E-state index contributed by atoms with van der Waals surface area (Å²) in [6.07, 6.45) is 0.142. The van der Waals surface area contributed by atoms with Crippen molar-refractivity contribution in [2.75, 3.05) is 0 Å². The maximum absolute atomic E-state index is 10.8. The summed E-state index contributed by atoms with van der Waals surface area (Å²) in [6.45, 7) is 2.03. The van der Waals surface area contributed by atoms with E-state index in [1.807, 2.05) is 19.1 Å². The molecule has 0 aliphatic carbocycles. The summed E-state index contributed by atoms with van der Waals surface area (Å²) in [5.41, 5.74) is 7.31. The highest BCUT2D eigenvalue weighted by Gasteiger charge is 2.14. The normalized spacial score (nSPS) is 12.0. The third-order valence-corrected chi connectivity index (χ3v) is 5.52. The molecule has 2 rings (SSSR count). The molecule has 23 heavy (non-hydrogen) atoms. The number of carboxylic acids is 1. The van der Waals surface area contributed by atoms with E-state index in [0.29, 0.717) is 17.1 Å². The summed E-state index contributed by atoms with van der Waals surface area (Å²) in [5.74, 6) is -0.179. The number of phenols is 1. The number of aromatic hydroxyl groups is 1. The minimum absolute atomic E-state index is 0.0503. The Hall–Kier alpha value is -1.07. The molecular weight excluding hydrogens is 524 g/mol. The molecule has 0 aliphatic rings. The predicted molar refractivity (Wildman–Crippen MR) is 104 cm³/mol. The molecular formula is C16H15I2NO4. The van der Waals surface area contributed by atoms with Gasteiger partial charge in [0, 0.05) is 7.14 Å². The fraction of sp³-hybridized carbons (Fsp3) is 0.188. The maximum atomic E-state index is 10.8. The Labute approximate surface area is 161 Å². The van der Waals surface area contributed by atoms with Gasteiger partial charge in [0.15, 0.2) is 11.5 Å². The van der Waals surface area contributed by atoms with Crippen molar-refractivity contribution in [2.45, 2.75) is 19.4 Å². The number of benzene rings is 2. The van der Waals surface area contributed by atoms with E-state index in [0.717, 1.165) is 7.14 Å². The standard InChI is InChI=1S/C16H15I2NO4/c1-8-11(17)6-10(7-12(8)18)23-15-3-2-9(5-14(15)20)4-13(19)16(21)22/h2-3,5-7,13,20H,4,19H2,1H3,(H,21,22). The topological polar surface area (TPSA) is 92.8 Å². The summed E-state index contributed by atoms with van der Waals surface area (Å²) in [6, 6.07) is 7.57. The van der Waals surface area contributed by atoms with Crippen molar-refractivity contribution in [2.24, 2.45) is 5.73 Å². The Balaban J connectivity index is 2.20. The third-order valence-electron chi connectivity index (χ3n) is 3.28. The lowest BCUT2D eigenvalue weighted by Crippen LogP contribution is -2.32. The zero-order chi connectivity index (χ0) is 17.1. The van der Waals surface area contributed by atoms with E-state index in [-0.39, 0.29) is 12.2 Å². The maximum Gasteiger partial charge on any atom is 0.320 e. The molecule has 0 saturated carbocycles. The highest BCUT2D eigenvalue weighted by Crippen LogP contribution is 2.34. The average Bonchev–Trinajstić information content (AvgIpc) is 2.47. The van der Waals surface area contributed by atoms with Gasteiger partial charge in [0.25, 0.3) is 0 Å². The quantitative estimate of drug-likeness (QED) is 0.505. The van der Waals surface area contributed by atoms with Crippen molar-refractivity contribution in [1.82, 2.24) is 0 Å². The van der Waals surface area contributed by atoms with E-state index < -0.39 is 12.0 Å². The SMILES string of the molecule is Cc1c(I)cc(Oc2ccc(CC(N)C(=O)O)cc2O)cc1I. The van der Waals surface area contributed by atoms with Crippen molar-refractivity contribution >= 4 is 51.2 Å². The molecule has 2 aromatic rings. The lowest BCUT2D eigenvalue weighted by atomic mass is 10.1. The molecule has 7 heteroatoms. The Morgan fingerprint density at radius 1 is 1.26 bits per heavy atom. The van der Waals surface area contributed by atoms with Crippen molar-refractivity contribution in [1.29, 1.82) is 0 Å². The molecule has 1 atom stereocenters. The number of phenolic OH excluding ortho intramolecular Hbond substituents is 1. The molecule has 0 fully saturated rings. The van der Waals surface area contributed by atoms with Crippen molar-refractivity contribution in [3.05, 3.63) is 48.6 Å². The van der Waals surface area contributed by atoms with Crippen LogP contribution in [0.1, 0.15) is 11.1 Å². The van der Waals surface area contributed by atoms with E-state index in [9.17, 15) is 9.90 Å². The number of nitrogens with two attached hydrogens (primary N) is 1. The van der Waals surface area contributed by atoms with Crippen LogP contribution in [0.2, 0.25) is 0 Å². The Morgan fingerprint density at radius 3 is 2.39 bits per heavy atom. The first-order valence-electron chi connectivity index (χ1n) is 6.71. The summed E-state index contributed by atoms with van der Waals surface area (Å²) < 4.78 is 7.88. The van der Waals surface area contributed by atoms with E-state index in [4.69, 9.17) is 15.6 Å². The van der Waals surface area contributed by atoms with Crippen LogP contribution in [0.15, 0.2) is 30.3 Å². The van der Waals surface area contributed by atoms with E-state index in [1.165, 1.54) is 11.6 Å². The second-order valence-electron chi connectivity index (χ2n) is 5.06. The number of carbonyl (C=O) groups is 1. The molecule has 0 saturated heterocycles. The van der Waals surface area contributed by atoms with Crippen LogP contribution < -0.4 is 10.5 Å². The van der Waals surface area contributed by atoms with Crippen LogP contribution >= 0.6 is 45.2 Å². The van der Waals surface area contributed by atoms with Crippen LogP contribution in [0.5, 0.6) is 17.2 Å². The zero-order valence-corrected chi connectivity index (χ0v) is 16.5. The average molecular weight is 539 g/mol. The number of rotatable bonds is 5. The largest absolute Gasteiger partial charge is 0.504 e. The van der Waals surface area contributed by atoms with Gasteiger partial charge in [0.05, 0.1) is 0 Å². The molecule has 0 spiro atoms. The molecule has 0 heterocycles. The van der Waals surface area contributed by atoms with Crippen LogP contribution in [0, 0.1) is 14.1 Å². The third kappa shape index (κ3) is 4.70. The van der Waals surface area contributed by atoms with Gasteiger partial charge in [0.2, 0.25) is 0 Å². The van der Waals surface area contributed by atoms with Gasteiger partial charge < -0.3 is 20.7 Å². The van der Waals surface area contributed by atoms with Crippen LogP contribution in [-0.2, 0) is 11.2 Å². The van der Waals surface area contributed by atoms with Gasteiger partial charge in [-0.3, -0.25) is 4.79 Å². The Bertz CT molecular complexity index is 726. The minimum Gasteiger partial charge on any atom is -0.504 e. The second-order valence-corrected chi connectivity index (χ2v) is 7.39. The molecule has 0 bridgehead atoms. The Morgan fingerprint density at radius 2 is 1.87 bits per heavy atom. The minimum atomic E-state index is -1.08. The molecule has 1 unspecified atom stereocenters. The van der Waals surface area contributed by atoms with Gasteiger partial charge in [-0.1, -0.05) is 6.07 Å². The molecule has 122 valence electrons. The summed E-state index contributed by atoms with van der Waals surface area (Å²) in [5, 5.41) is 18.9. The van der Waals surface area contributed by atoms with Crippen LogP contribution in [0.3, 0.4) is 0 Å².